The van der Waals surface area contributed by atoms with Crippen LogP contribution in [0.1, 0.15) is 34.3 Å². The molecule has 0 aromatic heterocycles. The van der Waals surface area contributed by atoms with Crippen molar-refractivity contribution in [1.29, 1.82) is 0 Å². The molecule has 0 atom stereocenters. The number of halogens is 3. The van der Waals surface area contributed by atoms with Crippen LogP contribution in [0, 0.1) is 0 Å². The molecule has 6 heteroatoms. The number of hydrogen-bond acceptors (Lipinski definition) is 2. The van der Waals surface area contributed by atoms with Crippen LogP contribution in [-0.4, -0.2) is 29.9 Å². The number of amides is 1. The quantitative estimate of drug-likeness (QED) is 0.549. The van der Waals surface area contributed by atoms with Gasteiger partial charge in [0, 0.05) is 31.2 Å². The summed E-state index contributed by atoms with van der Waals surface area (Å²) in [5.41, 5.74) is 2.26. The molecule has 0 radical (unpaired) electrons. The van der Waals surface area contributed by atoms with Crippen LogP contribution >= 0.6 is 0 Å². The lowest BCUT2D eigenvalue weighted by Gasteiger charge is -2.32. The Morgan fingerprint density at radius 3 is 2.16 bits per heavy atom. The fraction of sp³-hybridized carbons (Fsp3) is 0.269. The first-order valence-corrected chi connectivity index (χ1v) is 10.7. The van der Waals surface area contributed by atoms with Crippen molar-refractivity contribution in [2.75, 3.05) is 13.1 Å². The minimum atomic E-state index is -4.38. The number of carbonyl (C=O) groups is 1. The smallest absolute Gasteiger partial charge is 0.349 e. The Balaban J connectivity index is 1.39. The van der Waals surface area contributed by atoms with E-state index in [0.29, 0.717) is 16.7 Å². The summed E-state index contributed by atoms with van der Waals surface area (Å²) in [4.78, 5) is 15.4. The van der Waals surface area contributed by atoms with Crippen molar-refractivity contribution in [1.82, 2.24) is 10.2 Å². The van der Waals surface area contributed by atoms with E-state index in [-0.39, 0.29) is 11.9 Å². The molecule has 0 saturated carbocycles. The average Bonchev–Trinajstić information content (AvgIpc) is 2.80. The van der Waals surface area contributed by atoms with Gasteiger partial charge in [0.15, 0.2) is 0 Å². The molecule has 0 aliphatic carbocycles. The summed E-state index contributed by atoms with van der Waals surface area (Å²) in [5, 5.41) is 3.12. The molecule has 0 unspecified atom stereocenters. The molecule has 4 rings (SSSR count). The van der Waals surface area contributed by atoms with Gasteiger partial charge in [0.2, 0.25) is 0 Å². The molecule has 1 aliphatic heterocycles. The number of piperidine rings is 1. The van der Waals surface area contributed by atoms with Crippen LogP contribution in [0.15, 0.2) is 78.9 Å². The molecular formula is C26H25F3N2O. The average molecular weight is 438 g/mol. The summed E-state index contributed by atoms with van der Waals surface area (Å²) in [6.07, 6.45) is -2.66. The maximum atomic E-state index is 13.0. The van der Waals surface area contributed by atoms with E-state index in [4.69, 9.17) is 0 Å². The summed E-state index contributed by atoms with van der Waals surface area (Å²) in [7, 11) is 0. The van der Waals surface area contributed by atoms with Gasteiger partial charge < -0.3 is 5.32 Å². The Hall–Kier alpha value is -3.12. The van der Waals surface area contributed by atoms with Gasteiger partial charge in [-0.2, -0.15) is 13.2 Å². The number of rotatable bonds is 5. The van der Waals surface area contributed by atoms with Crippen molar-refractivity contribution in [3.05, 3.63) is 95.6 Å². The highest BCUT2D eigenvalue weighted by molar-refractivity contribution is 6.01. The molecule has 166 valence electrons. The summed E-state index contributed by atoms with van der Waals surface area (Å²) < 4.78 is 38.6. The molecule has 0 bridgehead atoms. The summed E-state index contributed by atoms with van der Waals surface area (Å²) in [6.45, 7) is 2.71. The third kappa shape index (κ3) is 5.37. The lowest BCUT2D eigenvalue weighted by Crippen LogP contribution is -2.44. The van der Waals surface area contributed by atoms with E-state index in [1.165, 1.54) is 17.7 Å². The van der Waals surface area contributed by atoms with E-state index in [0.717, 1.165) is 44.6 Å². The lowest BCUT2D eigenvalue weighted by atomic mass is 9.97. The van der Waals surface area contributed by atoms with E-state index in [1.54, 1.807) is 24.3 Å². The Morgan fingerprint density at radius 1 is 0.875 bits per heavy atom. The number of alkyl halides is 3. The van der Waals surface area contributed by atoms with Gasteiger partial charge in [0.05, 0.1) is 5.56 Å². The molecule has 1 N–H and O–H groups in total. The predicted octanol–water partition coefficient (Wildman–Crippen LogP) is 5.77. The number of benzene rings is 3. The molecule has 0 spiro atoms. The van der Waals surface area contributed by atoms with E-state index < -0.39 is 11.7 Å². The van der Waals surface area contributed by atoms with Crippen LogP contribution in [0.5, 0.6) is 0 Å². The van der Waals surface area contributed by atoms with Gasteiger partial charge in [-0.1, -0.05) is 60.7 Å². The predicted molar refractivity (Wildman–Crippen MR) is 119 cm³/mol. The Labute approximate surface area is 185 Å². The monoisotopic (exact) mass is 438 g/mol. The lowest BCUT2D eigenvalue weighted by molar-refractivity contribution is -0.137. The van der Waals surface area contributed by atoms with Crippen LogP contribution in [-0.2, 0) is 12.7 Å². The van der Waals surface area contributed by atoms with Crippen LogP contribution in [0.4, 0.5) is 13.2 Å². The van der Waals surface area contributed by atoms with Crippen LogP contribution < -0.4 is 5.32 Å². The van der Waals surface area contributed by atoms with E-state index in [2.05, 4.69) is 22.3 Å². The number of carbonyl (C=O) groups excluding carboxylic acids is 1. The van der Waals surface area contributed by atoms with E-state index in [9.17, 15) is 18.0 Å². The van der Waals surface area contributed by atoms with Crippen molar-refractivity contribution in [2.24, 2.45) is 0 Å². The molecule has 3 aromatic rings. The zero-order valence-electron chi connectivity index (χ0n) is 17.6. The van der Waals surface area contributed by atoms with Crippen molar-refractivity contribution in [3.63, 3.8) is 0 Å². The molecule has 1 saturated heterocycles. The van der Waals surface area contributed by atoms with Crippen LogP contribution in [0.25, 0.3) is 11.1 Å². The molecule has 1 amide bonds. The topological polar surface area (TPSA) is 32.3 Å². The third-order valence-electron chi connectivity index (χ3n) is 5.87. The number of hydrogen-bond donors (Lipinski definition) is 1. The van der Waals surface area contributed by atoms with Crippen molar-refractivity contribution in [2.45, 2.75) is 31.6 Å². The maximum absolute atomic E-state index is 13.0. The second-order valence-corrected chi connectivity index (χ2v) is 8.13. The van der Waals surface area contributed by atoms with Gasteiger partial charge in [0.25, 0.3) is 5.91 Å². The number of likely N-dealkylation sites (tertiary alicyclic amines) is 1. The molecule has 3 aromatic carbocycles. The molecule has 32 heavy (non-hydrogen) atoms. The van der Waals surface area contributed by atoms with Crippen LogP contribution in [0.3, 0.4) is 0 Å². The first-order valence-electron chi connectivity index (χ1n) is 10.7. The molecular weight excluding hydrogens is 413 g/mol. The normalized spacial score (nSPS) is 15.5. The highest BCUT2D eigenvalue weighted by Crippen LogP contribution is 2.32. The maximum Gasteiger partial charge on any atom is 0.416 e. The highest BCUT2D eigenvalue weighted by Gasteiger charge is 2.30. The van der Waals surface area contributed by atoms with Gasteiger partial charge in [-0.25, -0.2) is 0 Å². The van der Waals surface area contributed by atoms with E-state index >= 15 is 0 Å². The largest absolute Gasteiger partial charge is 0.416 e. The Kier molecular flexibility index (Phi) is 6.61. The highest BCUT2D eigenvalue weighted by atomic mass is 19.4. The fourth-order valence-corrected chi connectivity index (χ4v) is 4.11. The van der Waals surface area contributed by atoms with Crippen molar-refractivity contribution < 1.29 is 18.0 Å². The summed E-state index contributed by atoms with van der Waals surface area (Å²) >= 11 is 0. The van der Waals surface area contributed by atoms with E-state index in [1.807, 2.05) is 18.2 Å². The first kappa shape index (κ1) is 22.1. The Bertz CT molecular complexity index is 1040. The molecule has 1 heterocycles. The van der Waals surface area contributed by atoms with Crippen molar-refractivity contribution >= 4 is 5.91 Å². The number of nitrogens with one attached hydrogen (secondary N) is 1. The molecule has 3 nitrogen and oxygen atoms in total. The number of nitrogens with zero attached hydrogens (tertiary/aromatic N) is 1. The minimum absolute atomic E-state index is 0.0789. The SMILES string of the molecule is O=C(NC1CCN(Cc2ccccc2)CC1)c1ccccc1-c1ccc(C(F)(F)F)cc1. The van der Waals surface area contributed by atoms with Gasteiger partial charge in [-0.05, 0) is 47.7 Å². The summed E-state index contributed by atoms with van der Waals surface area (Å²) in [5.74, 6) is -0.193. The zero-order chi connectivity index (χ0) is 22.6. The fourth-order valence-electron chi connectivity index (χ4n) is 4.11. The molecule has 1 aliphatic rings. The van der Waals surface area contributed by atoms with Gasteiger partial charge >= 0.3 is 6.18 Å². The minimum Gasteiger partial charge on any atom is -0.349 e. The standard InChI is InChI=1S/C26H25F3N2O/c27-26(28,29)21-12-10-20(11-13-21)23-8-4-5-9-24(23)25(32)30-22-14-16-31(17-15-22)18-19-6-2-1-3-7-19/h1-13,22H,14-18H2,(H,30,32). The second kappa shape index (κ2) is 9.57. The first-order chi connectivity index (χ1) is 15.4. The van der Waals surface area contributed by atoms with Crippen LogP contribution in [0.2, 0.25) is 0 Å². The second-order valence-electron chi connectivity index (χ2n) is 8.13. The molecule has 1 fully saturated rings. The van der Waals surface area contributed by atoms with Crippen molar-refractivity contribution in [3.8, 4) is 11.1 Å². The Morgan fingerprint density at radius 2 is 1.50 bits per heavy atom. The van der Waals surface area contributed by atoms with Gasteiger partial charge in [-0.15, -0.1) is 0 Å². The van der Waals surface area contributed by atoms with Gasteiger partial charge in [0.1, 0.15) is 0 Å². The zero-order valence-corrected chi connectivity index (χ0v) is 17.6. The summed E-state index contributed by atoms with van der Waals surface area (Å²) in [6, 6.07) is 22.4. The third-order valence-corrected chi connectivity index (χ3v) is 5.87. The van der Waals surface area contributed by atoms with Gasteiger partial charge in [-0.3, -0.25) is 9.69 Å².